The van der Waals surface area contributed by atoms with Crippen LogP contribution in [0.5, 0.6) is 0 Å². The maximum Gasteiger partial charge on any atom is 0.0538 e. The van der Waals surface area contributed by atoms with Crippen molar-refractivity contribution in [1.82, 2.24) is 4.98 Å². The number of halogens is 1. The Kier molecular flexibility index (Phi) is 3.29. The van der Waals surface area contributed by atoms with Gasteiger partial charge in [0.2, 0.25) is 0 Å². The van der Waals surface area contributed by atoms with Crippen LogP contribution in [0.2, 0.25) is 0 Å². The summed E-state index contributed by atoms with van der Waals surface area (Å²) in [7, 11) is 0. The van der Waals surface area contributed by atoms with E-state index in [4.69, 9.17) is 0 Å². The second kappa shape index (κ2) is 4.52. The van der Waals surface area contributed by atoms with Gasteiger partial charge in [-0.25, -0.2) is 0 Å². The maximum atomic E-state index is 4.14. The van der Waals surface area contributed by atoms with Crippen LogP contribution in [0.25, 0.3) is 0 Å². The molecule has 0 atom stereocenters. The third kappa shape index (κ3) is 2.94. The van der Waals surface area contributed by atoms with Crippen LogP contribution in [0.15, 0.2) is 22.9 Å². The molecule has 82 valence electrons. The van der Waals surface area contributed by atoms with Gasteiger partial charge < -0.3 is 5.32 Å². The normalized spacial score (nSPS) is 19.1. The highest BCUT2D eigenvalue weighted by molar-refractivity contribution is 9.10. The highest BCUT2D eigenvalue weighted by Crippen LogP contribution is 2.37. The topological polar surface area (TPSA) is 24.9 Å². The molecule has 1 N–H and O–H groups in total. The molecular formula is C12H17BrN2. The molecule has 3 heteroatoms. The summed E-state index contributed by atoms with van der Waals surface area (Å²) in [6.45, 7) is 3.43. The Hall–Kier alpha value is -0.570. The van der Waals surface area contributed by atoms with Gasteiger partial charge in [-0.1, -0.05) is 19.8 Å². The lowest BCUT2D eigenvalue weighted by atomic mass is 9.89. The van der Waals surface area contributed by atoms with E-state index in [0.29, 0.717) is 5.41 Å². The van der Waals surface area contributed by atoms with E-state index in [9.17, 15) is 0 Å². The van der Waals surface area contributed by atoms with Gasteiger partial charge in [0.25, 0.3) is 0 Å². The molecule has 0 bridgehead atoms. The number of pyridine rings is 1. The molecule has 15 heavy (non-hydrogen) atoms. The molecule has 1 heterocycles. The molecule has 1 saturated carbocycles. The van der Waals surface area contributed by atoms with Gasteiger partial charge >= 0.3 is 0 Å². The third-order valence-electron chi connectivity index (χ3n) is 3.23. The second-order valence-corrected chi connectivity index (χ2v) is 5.68. The molecule has 1 aromatic heterocycles. The smallest absolute Gasteiger partial charge is 0.0538 e. The zero-order chi connectivity index (χ0) is 10.7. The summed E-state index contributed by atoms with van der Waals surface area (Å²) in [4.78, 5) is 4.14. The first-order valence-corrected chi connectivity index (χ1v) is 6.32. The third-order valence-corrected chi connectivity index (χ3v) is 3.67. The van der Waals surface area contributed by atoms with Gasteiger partial charge in [-0.05, 0) is 40.3 Å². The number of hydrogen-bond donors (Lipinski definition) is 1. The number of anilines is 1. The molecule has 1 aliphatic rings. The first-order valence-electron chi connectivity index (χ1n) is 5.52. The lowest BCUT2D eigenvalue weighted by Crippen LogP contribution is -2.22. The van der Waals surface area contributed by atoms with E-state index < -0.39 is 0 Å². The Morgan fingerprint density at radius 3 is 2.80 bits per heavy atom. The zero-order valence-electron chi connectivity index (χ0n) is 9.09. The molecule has 2 rings (SSSR count). The predicted octanol–water partition coefficient (Wildman–Crippen LogP) is 3.84. The number of nitrogens with zero attached hydrogens (tertiary/aromatic N) is 1. The van der Waals surface area contributed by atoms with Gasteiger partial charge in [-0.2, -0.15) is 0 Å². The largest absolute Gasteiger partial charge is 0.383 e. The van der Waals surface area contributed by atoms with E-state index in [2.05, 4.69) is 39.2 Å². The van der Waals surface area contributed by atoms with Crippen LogP contribution >= 0.6 is 15.9 Å². The average molecular weight is 269 g/mol. The second-order valence-electron chi connectivity index (χ2n) is 4.76. The molecule has 0 spiro atoms. The monoisotopic (exact) mass is 268 g/mol. The highest BCUT2D eigenvalue weighted by Gasteiger charge is 2.28. The van der Waals surface area contributed by atoms with Crippen molar-refractivity contribution in [1.29, 1.82) is 0 Å². The van der Waals surface area contributed by atoms with Crippen LogP contribution in [0.3, 0.4) is 0 Å². The summed E-state index contributed by atoms with van der Waals surface area (Å²) < 4.78 is 1.03. The molecule has 1 aliphatic carbocycles. The fourth-order valence-corrected chi connectivity index (χ4v) is 2.59. The van der Waals surface area contributed by atoms with Gasteiger partial charge in [0.05, 0.1) is 11.9 Å². The number of hydrogen-bond acceptors (Lipinski definition) is 2. The number of rotatable bonds is 3. The minimum absolute atomic E-state index is 0.488. The van der Waals surface area contributed by atoms with E-state index in [0.717, 1.165) is 16.7 Å². The van der Waals surface area contributed by atoms with E-state index in [-0.39, 0.29) is 0 Å². The predicted molar refractivity (Wildman–Crippen MR) is 67.0 cm³/mol. The summed E-state index contributed by atoms with van der Waals surface area (Å²) in [6, 6.07) is 2.07. The van der Waals surface area contributed by atoms with Gasteiger partial charge in [-0.3, -0.25) is 4.98 Å². The molecule has 0 amide bonds. The van der Waals surface area contributed by atoms with Crippen molar-refractivity contribution in [2.45, 2.75) is 32.6 Å². The summed E-state index contributed by atoms with van der Waals surface area (Å²) in [6.07, 6.45) is 9.15. The van der Waals surface area contributed by atoms with E-state index in [1.807, 2.05) is 12.4 Å². The maximum absolute atomic E-state index is 4.14. The fourth-order valence-electron chi connectivity index (χ4n) is 2.23. The van der Waals surface area contributed by atoms with Crippen molar-refractivity contribution in [3.8, 4) is 0 Å². The summed E-state index contributed by atoms with van der Waals surface area (Å²) in [5.74, 6) is 0. The Morgan fingerprint density at radius 2 is 2.13 bits per heavy atom. The molecule has 0 saturated heterocycles. The van der Waals surface area contributed by atoms with Crippen molar-refractivity contribution in [3.05, 3.63) is 22.9 Å². The highest BCUT2D eigenvalue weighted by atomic mass is 79.9. The minimum Gasteiger partial charge on any atom is -0.383 e. The SMILES string of the molecule is CC1(CNc2cncc(Br)c2)CCCC1. The van der Waals surface area contributed by atoms with E-state index in [1.54, 1.807) is 0 Å². The Balaban J connectivity index is 1.92. The summed E-state index contributed by atoms with van der Waals surface area (Å²) in [5, 5.41) is 3.48. The lowest BCUT2D eigenvalue weighted by molar-refractivity contribution is 0.362. The van der Waals surface area contributed by atoms with Crippen molar-refractivity contribution < 1.29 is 0 Å². The first-order chi connectivity index (χ1) is 7.18. The van der Waals surface area contributed by atoms with Crippen LogP contribution in [-0.4, -0.2) is 11.5 Å². The summed E-state index contributed by atoms with van der Waals surface area (Å²) in [5.41, 5.74) is 1.60. The van der Waals surface area contributed by atoms with Gasteiger partial charge in [0.1, 0.15) is 0 Å². The summed E-state index contributed by atoms with van der Waals surface area (Å²) >= 11 is 3.43. The lowest BCUT2D eigenvalue weighted by Gasteiger charge is -2.24. The van der Waals surface area contributed by atoms with Gasteiger partial charge in [-0.15, -0.1) is 0 Å². The quantitative estimate of drug-likeness (QED) is 0.901. The number of aromatic nitrogens is 1. The molecular weight excluding hydrogens is 252 g/mol. The molecule has 0 aromatic carbocycles. The van der Waals surface area contributed by atoms with Crippen LogP contribution < -0.4 is 5.32 Å². The van der Waals surface area contributed by atoms with Crippen molar-refractivity contribution >= 4 is 21.6 Å². The van der Waals surface area contributed by atoms with Gasteiger partial charge in [0, 0.05) is 17.2 Å². The van der Waals surface area contributed by atoms with Crippen molar-refractivity contribution in [2.24, 2.45) is 5.41 Å². The average Bonchev–Trinajstić information content (AvgIpc) is 2.63. The first kappa shape index (κ1) is 10.9. The van der Waals surface area contributed by atoms with Crippen LogP contribution in [0.4, 0.5) is 5.69 Å². The molecule has 0 unspecified atom stereocenters. The van der Waals surface area contributed by atoms with E-state index in [1.165, 1.54) is 25.7 Å². The standard InChI is InChI=1S/C12H17BrN2/c1-12(4-2-3-5-12)9-15-11-6-10(13)7-14-8-11/h6-8,15H,2-5,9H2,1H3. The molecule has 1 aromatic rings. The van der Waals surface area contributed by atoms with Crippen molar-refractivity contribution in [3.63, 3.8) is 0 Å². The zero-order valence-corrected chi connectivity index (χ0v) is 10.7. The van der Waals surface area contributed by atoms with Crippen molar-refractivity contribution in [2.75, 3.05) is 11.9 Å². The molecule has 0 aliphatic heterocycles. The van der Waals surface area contributed by atoms with Crippen LogP contribution in [-0.2, 0) is 0 Å². The molecule has 1 fully saturated rings. The van der Waals surface area contributed by atoms with E-state index >= 15 is 0 Å². The Labute approximate surface area is 99.6 Å². The van der Waals surface area contributed by atoms with Crippen LogP contribution in [0, 0.1) is 5.41 Å². The van der Waals surface area contributed by atoms with Crippen LogP contribution in [0.1, 0.15) is 32.6 Å². The Morgan fingerprint density at radius 1 is 1.40 bits per heavy atom. The van der Waals surface area contributed by atoms with Gasteiger partial charge in [0.15, 0.2) is 0 Å². The minimum atomic E-state index is 0.488. The number of nitrogens with one attached hydrogen (secondary N) is 1. The Bertz CT molecular complexity index is 332. The molecule has 0 radical (unpaired) electrons. The fraction of sp³-hybridized carbons (Fsp3) is 0.583. The molecule has 2 nitrogen and oxygen atoms in total.